The number of nitrogens with zero attached hydrogens (tertiary/aromatic N) is 4. The fourth-order valence-corrected chi connectivity index (χ4v) is 15.4. The second kappa shape index (κ2) is 42.5. The minimum Gasteiger partial charge on any atom is -0.481 e. The first-order valence-electron chi connectivity index (χ1n) is 36.3. The molecule has 6 rings (SSSR count). The molecule has 0 spiro atoms. The second-order valence-corrected chi connectivity index (χ2v) is 30.0. The van der Waals surface area contributed by atoms with Crippen LogP contribution >= 0.6 is 21.6 Å². The average Bonchev–Trinajstić information content (AvgIpc) is 1.45. The Morgan fingerprint density at radius 2 is 1.05 bits per heavy atom. The molecule has 1 aromatic rings. The molecule has 16 atom stereocenters. The van der Waals surface area contributed by atoms with E-state index < -0.39 is 205 Å². The molecular weight excluding hydrogens is 1420 g/mol. The van der Waals surface area contributed by atoms with E-state index in [1.807, 2.05) is 0 Å². The van der Waals surface area contributed by atoms with Crippen molar-refractivity contribution in [3.8, 4) is 0 Å². The normalized spacial score (nSPS) is 28.5. The summed E-state index contributed by atoms with van der Waals surface area (Å²) in [4.78, 5) is 225. The van der Waals surface area contributed by atoms with Gasteiger partial charge in [-0.3, -0.25) is 76.9 Å². The summed E-state index contributed by atoms with van der Waals surface area (Å²) in [7, 11) is 2.02. The summed E-state index contributed by atoms with van der Waals surface area (Å²) in [5.74, 6) is -16.5. The zero-order valence-corrected chi connectivity index (χ0v) is 62.2. The Morgan fingerprint density at radius 3 is 1.66 bits per heavy atom. The highest BCUT2D eigenvalue weighted by molar-refractivity contribution is 8.76. The summed E-state index contributed by atoms with van der Waals surface area (Å²) in [5.41, 5.74) is 17.5. The van der Waals surface area contributed by atoms with Crippen molar-refractivity contribution in [1.29, 1.82) is 0 Å². The number of nitrogens with one attached hydrogen (secondary N) is 11. The Balaban J connectivity index is 1.49. The van der Waals surface area contributed by atoms with E-state index in [9.17, 15) is 72.9 Å². The second-order valence-electron chi connectivity index (χ2n) is 27.3. The van der Waals surface area contributed by atoms with Crippen LogP contribution in [0.3, 0.4) is 0 Å². The molecule has 2 bridgehead atoms. The van der Waals surface area contributed by atoms with Crippen LogP contribution in [-0.2, 0) is 78.3 Å². The maximum Gasteiger partial charge on any atom is 0.305 e. The molecule has 0 radical (unpaired) electrons. The summed E-state index contributed by atoms with van der Waals surface area (Å²) in [6.45, 7) is 6.32. The molecule has 106 heavy (non-hydrogen) atoms. The third-order valence-electron chi connectivity index (χ3n) is 19.5. The lowest BCUT2D eigenvalue weighted by Crippen LogP contribution is -2.62. The smallest absolute Gasteiger partial charge is 0.305 e. The number of carboxylic acids is 1. The fraction of sp³-hybridized carbons (Fsp3) is 0.676. The monoisotopic (exact) mass is 1530 g/mol. The molecule has 0 aromatic heterocycles. The number of aliphatic hydroxyl groups excluding tert-OH is 2. The van der Waals surface area contributed by atoms with Crippen molar-refractivity contribution in [2.45, 2.75) is 222 Å². The molecule has 14 amide bonds. The number of benzene rings is 1. The van der Waals surface area contributed by atoms with E-state index in [4.69, 9.17) is 17.2 Å². The molecule has 0 saturated carbocycles. The van der Waals surface area contributed by atoms with Crippen LogP contribution in [0.25, 0.3) is 0 Å². The summed E-state index contributed by atoms with van der Waals surface area (Å²) < 4.78 is 0. The number of nitrogens with two attached hydrogens (primary N) is 3. The molecule has 1 aromatic carbocycles. The van der Waals surface area contributed by atoms with Gasteiger partial charge in [0, 0.05) is 44.1 Å². The van der Waals surface area contributed by atoms with Gasteiger partial charge in [0.05, 0.1) is 25.7 Å². The van der Waals surface area contributed by atoms with Crippen molar-refractivity contribution in [3.05, 3.63) is 35.9 Å². The van der Waals surface area contributed by atoms with Crippen molar-refractivity contribution in [2.24, 2.45) is 34.0 Å². The number of amides is 14. The molecule has 20 N–H and O–H groups in total. The number of hydrogen-bond donors (Lipinski definition) is 17. The molecule has 36 nitrogen and oxygen atoms in total. The van der Waals surface area contributed by atoms with Crippen molar-refractivity contribution in [1.82, 2.24) is 73.2 Å². The zero-order chi connectivity index (χ0) is 77.9. The van der Waals surface area contributed by atoms with Crippen LogP contribution in [0.2, 0.25) is 0 Å². The molecule has 588 valence electrons. The number of carbonyl (C=O) groups excluding carboxylic acids is 14. The summed E-state index contributed by atoms with van der Waals surface area (Å²) in [6.07, 6.45) is -1.16. The lowest BCUT2D eigenvalue weighted by Gasteiger charge is -2.35. The number of unbranched alkanes of at least 4 members (excludes halogenated alkanes) is 1. The van der Waals surface area contributed by atoms with Gasteiger partial charge in [-0.1, -0.05) is 92.5 Å². The van der Waals surface area contributed by atoms with E-state index in [-0.39, 0.29) is 114 Å². The van der Waals surface area contributed by atoms with Crippen LogP contribution in [0, 0.1) is 11.8 Å². The van der Waals surface area contributed by atoms with Crippen LogP contribution in [0.15, 0.2) is 35.3 Å². The molecule has 5 aliphatic heterocycles. The lowest BCUT2D eigenvalue weighted by atomic mass is 9.96. The molecule has 5 aliphatic rings. The predicted octanol–water partition coefficient (Wildman–Crippen LogP) is -4.91. The van der Waals surface area contributed by atoms with Gasteiger partial charge in [-0.15, -0.1) is 0 Å². The molecule has 0 unspecified atom stereocenters. The van der Waals surface area contributed by atoms with Gasteiger partial charge in [0.1, 0.15) is 78.5 Å². The summed E-state index contributed by atoms with van der Waals surface area (Å²) in [5, 5.41) is 60.2. The topological polar surface area (TPSA) is 549 Å². The minimum absolute atomic E-state index is 0.00761. The van der Waals surface area contributed by atoms with Crippen LogP contribution in [-0.4, -0.2) is 267 Å². The van der Waals surface area contributed by atoms with Crippen molar-refractivity contribution >= 4 is 116 Å². The van der Waals surface area contributed by atoms with E-state index in [0.717, 1.165) is 28.5 Å². The number of hydrogen-bond acceptors (Lipinski definition) is 21. The summed E-state index contributed by atoms with van der Waals surface area (Å²) >= 11 is 0. The molecule has 38 heteroatoms. The Hall–Kier alpha value is -8.88. The fourth-order valence-electron chi connectivity index (χ4n) is 13.1. The third-order valence-corrected chi connectivity index (χ3v) is 22.0. The third kappa shape index (κ3) is 24.9. The molecular formula is C68H106N18O18S2. The van der Waals surface area contributed by atoms with E-state index in [2.05, 4.69) is 63.5 Å². The Kier molecular flexibility index (Phi) is 34.5. The molecule has 0 aliphatic carbocycles. The van der Waals surface area contributed by atoms with Crippen molar-refractivity contribution in [3.63, 3.8) is 0 Å². The van der Waals surface area contributed by atoms with Gasteiger partial charge in [0.2, 0.25) is 82.7 Å². The van der Waals surface area contributed by atoms with Crippen molar-refractivity contribution in [2.75, 3.05) is 57.4 Å². The number of aliphatic carboxylic acids is 1. The number of rotatable bonds is 18. The number of aliphatic imine (C=N–C) groups is 1. The number of aliphatic hydroxyl groups is 2. The summed E-state index contributed by atoms with van der Waals surface area (Å²) in [6, 6.07) is -11.1. The van der Waals surface area contributed by atoms with Gasteiger partial charge in [0.15, 0.2) is 5.96 Å². The highest BCUT2D eigenvalue weighted by Gasteiger charge is 2.47. The van der Waals surface area contributed by atoms with Gasteiger partial charge >= 0.3 is 5.97 Å². The standard InChI is InChI=1S/C68H106N18O18S2/c1-6-36(3)52-63(100)80-46-35-106-105-30-24-42(75-56(93)40(20-13-26-72-68(70)71)74-50(89)33-73-55(92)43(32-51(90)91)77-61(98)47-21-14-27-84(47)65(102)44(78-60(46)97)31-39-17-9-8-10-18-39)58(95)83-54(38(5)88)64(101)76-41(19-11-12-25-69)57(94)79-45(34-87)59(96)82-53(37(4)7-2)67(104)86-29-16-23-49(86)66(103)85-28-15-22-48(85)62(99)81-52/h8-10,17-18,36-38,40-49,52-54,87-88H,6-7,11-16,19-35,69H2,1-5H3,(H,73,92)(H,74,89)(H,75,93)(H,76,101)(H,77,98)(H,78,97)(H,79,94)(H,80,100)(H,81,99)(H,82,96)(H,83,95)(H,90,91)(H4,70,71,72)/t36-,37-,38+,40-,41-,42-,43-,44-,45-,46-,47-,48-,49-,52-,53-,54-/m0/s1. The quantitative estimate of drug-likeness (QED) is 0.0283. The Bertz CT molecular complexity index is 3320. The number of carbonyl (C=O) groups is 15. The molecule has 5 heterocycles. The molecule has 5 saturated heterocycles. The van der Waals surface area contributed by atoms with Gasteiger partial charge in [0.25, 0.3) is 0 Å². The van der Waals surface area contributed by atoms with Gasteiger partial charge in [-0.05, 0) is 108 Å². The molecule has 5 fully saturated rings. The first-order chi connectivity index (χ1) is 50.5. The Labute approximate surface area is 623 Å². The SMILES string of the molecule is CC[C@H](C)[C@@H]1NC(=O)[C@@H]2CCCN2C(=O)[C@@H]2CCCN2C(=O)[C@H]([C@@H](C)CC)NC(=O)[C@H](CO)NC(=O)[C@H](CCCCN)NC(=O)[C@H]([C@@H](C)O)NC(=O)[C@@H]2CCSSC[C@H](NC1=O)C(=O)N[C@@H](Cc1ccccc1)C(=O)N1CCC[C@H]1C(=O)N[C@@H](CC(=O)O)C(=O)NCC(=O)N[C@@H](CCCN=C(N)N)C(=O)N2. The van der Waals surface area contributed by atoms with E-state index in [1.165, 1.54) is 14.7 Å². The van der Waals surface area contributed by atoms with Crippen LogP contribution in [0.5, 0.6) is 0 Å². The minimum atomic E-state index is -1.91. The number of guanidine groups is 1. The van der Waals surface area contributed by atoms with Crippen LogP contribution in [0.4, 0.5) is 0 Å². The first-order valence-corrected chi connectivity index (χ1v) is 38.8. The average molecular weight is 1530 g/mol. The van der Waals surface area contributed by atoms with E-state index in [1.54, 1.807) is 58.0 Å². The lowest BCUT2D eigenvalue weighted by molar-refractivity contribution is -0.149. The van der Waals surface area contributed by atoms with Gasteiger partial charge in [-0.25, -0.2) is 0 Å². The first kappa shape index (κ1) is 86.0. The highest BCUT2D eigenvalue weighted by Crippen LogP contribution is 2.29. The van der Waals surface area contributed by atoms with Crippen molar-refractivity contribution < 1.29 is 87.2 Å². The number of fused-ring (bicyclic) bond motifs is 9. The highest BCUT2D eigenvalue weighted by atomic mass is 33.1. The predicted molar refractivity (Wildman–Crippen MR) is 389 cm³/mol. The maximum absolute atomic E-state index is 15.3. The zero-order valence-electron chi connectivity index (χ0n) is 60.6. The number of carboxylic acid groups (broad SMARTS) is 1. The van der Waals surface area contributed by atoms with E-state index in [0.29, 0.717) is 37.7 Å². The van der Waals surface area contributed by atoms with Crippen LogP contribution in [0.1, 0.15) is 136 Å². The van der Waals surface area contributed by atoms with Gasteiger partial charge < -0.3 is 106 Å². The largest absolute Gasteiger partial charge is 0.481 e. The van der Waals surface area contributed by atoms with Gasteiger partial charge in [-0.2, -0.15) is 0 Å². The Morgan fingerprint density at radius 1 is 0.538 bits per heavy atom. The van der Waals surface area contributed by atoms with E-state index >= 15 is 14.4 Å². The maximum atomic E-state index is 15.3. The van der Waals surface area contributed by atoms with Crippen LogP contribution < -0.4 is 75.7 Å².